The Labute approximate surface area is 177 Å². The van der Waals surface area contributed by atoms with Crippen LogP contribution in [0.25, 0.3) is 0 Å². The van der Waals surface area contributed by atoms with Crippen LogP contribution in [0.4, 0.5) is 0 Å². The molecule has 1 atom stereocenters. The molecule has 2 aromatic rings. The second-order valence-electron chi connectivity index (χ2n) is 7.39. The summed E-state index contributed by atoms with van der Waals surface area (Å²) in [6.07, 6.45) is 3.66. The average molecular weight is 417 g/mol. The molecule has 1 aliphatic rings. The number of piperidine rings is 1. The standard InChI is InChI=1S/C23H29ClN2O3/c1-17-14-20(10-11-21(17)24)29-16-23(27)25-15-22(26-12-4-3-5-13-26)18-6-8-19(28-2)9-7-18/h6-11,14,22H,3-5,12-13,15-16H2,1-2H3,(H,25,27)/t22-/m1/s1. The molecule has 0 aromatic heterocycles. The second kappa shape index (κ2) is 10.5. The lowest BCUT2D eigenvalue weighted by Crippen LogP contribution is -2.41. The van der Waals surface area contributed by atoms with E-state index in [1.165, 1.54) is 24.8 Å². The number of ether oxygens (including phenoxy) is 2. The number of nitrogens with one attached hydrogen (secondary N) is 1. The van der Waals surface area contributed by atoms with Gasteiger partial charge in [0, 0.05) is 11.6 Å². The molecule has 156 valence electrons. The number of rotatable bonds is 8. The molecular formula is C23H29ClN2O3. The molecule has 1 amide bonds. The number of benzene rings is 2. The van der Waals surface area contributed by atoms with Crippen molar-refractivity contribution in [3.8, 4) is 11.5 Å². The minimum atomic E-state index is -0.131. The Morgan fingerprint density at radius 3 is 2.45 bits per heavy atom. The quantitative estimate of drug-likeness (QED) is 0.693. The largest absolute Gasteiger partial charge is 0.497 e. The molecule has 1 N–H and O–H groups in total. The Morgan fingerprint density at radius 2 is 1.79 bits per heavy atom. The maximum absolute atomic E-state index is 12.4. The molecule has 1 heterocycles. The van der Waals surface area contributed by atoms with Gasteiger partial charge in [-0.15, -0.1) is 0 Å². The van der Waals surface area contributed by atoms with E-state index >= 15 is 0 Å². The molecule has 3 rings (SSSR count). The maximum atomic E-state index is 12.4. The van der Waals surface area contributed by atoms with E-state index in [9.17, 15) is 4.79 Å². The Bertz CT molecular complexity index is 804. The molecule has 0 radical (unpaired) electrons. The highest BCUT2D eigenvalue weighted by Gasteiger charge is 2.23. The zero-order chi connectivity index (χ0) is 20.6. The van der Waals surface area contributed by atoms with Crippen molar-refractivity contribution >= 4 is 17.5 Å². The normalized spacial score (nSPS) is 15.6. The fourth-order valence-electron chi connectivity index (χ4n) is 3.63. The topological polar surface area (TPSA) is 50.8 Å². The van der Waals surface area contributed by atoms with Crippen molar-refractivity contribution in [3.63, 3.8) is 0 Å². The van der Waals surface area contributed by atoms with Crippen molar-refractivity contribution in [1.29, 1.82) is 0 Å². The van der Waals surface area contributed by atoms with E-state index < -0.39 is 0 Å². The van der Waals surface area contributed by atoms with E-state index in [2.05, 4.69) is 22.3 Å². The molecular weight excluding hydrogens is 388 g/mol. The molecule has 0 unspecified atom stereocenters. The summed E-state index contributed by atoms with van der Waals surface area (Å²) in [5.41, 5.74) is 2.11. The molecule has 0 spiro atoms. The van der Waals surface area contributed by atoms with Gasteiger partial charge in [0.15, 0.2) is 6.61 Å². The number of aryl methyl sites for hydroxylation is 1. The van der Waals surface area contributed by atoms with Crippen LogP contribution in [0, 0.1) is 6.92 Å². The molecule has 5 nitrogen and oxygen atoms in total. The molecule has 1 saturated heterocycles. The third kappa shape index (κ3) is 6.12. The Morgan fingerprint density at radius 1 is 1.10 bits per heavy atom. The lowest BCUT2D eigenvalue weighted by molar-refractivity contribution is -0.123. The summed E-state index contributed by atoms with van der Waals surface area (Å²) in [5, 5.41) is 3.73. The summed E-state index contributed by atoms with van der Waals surface area (Å²) in [4.78, 5) is 14.8. The third-order valence-electron chi connectivity index (χ3n) is 5.32. The second-order valence-corrected chi connectivity index (χ2v) is 7.80. The molecule has 1 fully saturated rings. The van der Waals surface area contributed by atoms with Gasteiger partial charge in [-0.3, -0.25) is 9.69 Å². The van der Waals surface area contributed by atoms with Crippen molar-refractivity contribution in [1.82, 2.24) is 10.2 Å². The smallest absolute Gasteiger partial charge is 0.258 e. The number of carbonyl (C=O) groups is 1. The summed E-state index contributed by atoms with van der Waals surface area (Å²) >= 11 is 6.03. The molecule has 6 heteroatoms. The predicted octanol–water partition coefficient (Wildman–Crippen LogP) is 4.38. The zero-order valence-electron chi connectivity index (χ0n) is 17.1. The summed E-state index contributed by atoms with van der Waals surface area (Å²) in [7, 11) is 1.67. The van der Waals surface area contributed by atoms with Gasteiger partial charge < -0.3 is 14.8 Å². The van der Waals surface area contributed by atoms with E-state index in [1.54, 1.807) is 19.2 Å². The lowest BCUT2D eigenvalue weighted by atomic mass is 10.0. The predicted molar refractivity (Wildman–Crippen MR) is 116 cm³/mol. The van der Waals surface area contributed by atoms with Gasteiger partial charge in [0.25, 0.3) is 5.91 Å². The number of methoxy groups -OCH3 is 1. The van der Waals surface area contributed by atoms with Crippen LogP contribution in [-0.2, 0) is 4.79 Å². The van der Waals surface area contributed by atoms with Crippen LogP contribution < -0.4 is 14.8 Å². The van der Waals surface area contributed by atoms with Crippen LogP contribution >= 0.6 is 11.6 Å². The molecule has 0 saturated carbocycles. The highest BCUT2D eigenvalue weighted by molar-refractivity contribution is 6.31. The van der Waals surface area contributed by atoms with Crippen molar-refractivity contribution in [2.45, 2.75) is 32.2 Å². The number of hydrogen-bond donors (Lipinski definition) is 1. The highest BCUT2D eigenvalue weighted by atomic mass is 35.5. The monoisotopic (exact) mass is 416 g/mol. The van der Waals surface area contributed by atoms with E-state index in [0.717, 1.165) is 24.4 Å². The lowest BCUT2D eigenvalue weighted by Gasteiger charge is -2.35. The van der Waals surface area contributed by atoms with Crippen molar-refractivity contribution in [2.75, 3.05) is 33.4 Å². The summed E-state index contributed by atoms with van der Waals surface area (Å²) in [6.45, 7) is 4.54. The molecule has 0 aliphatic carbocycles. The van der Waals surface area contributed by atoms with Gasteiger partial charge in [-0.25, -0.2) is 0 Å². The zero-order valence-corrected chi connectivity index (χ0v) is 17.9. The van der Waals surface area contributed by atoms with E-state index in [0.29, 0.717) is 17.3 Å². The van der Waals surface area contributed by atoms with Gasteiger partial charge in [-0.1, -0.05) is 30.2 Å². The summed E-state index contributed by atoms with van der Waals surface area (Å²) in [6, 6.07) is 13.6. The average Bonchev–Trinajstić information content (AvgIpc) is 2.76. The van der Waals surface area contributed by atoms with Crippen LogP contribution in [-0.4, -0.2) is 44.2 Å². The van der Waals surface area contributed by atoms with E-state index in [4.69, 9.17) is 21.1 Å². The van der Waals surface area contributed by atoms with Crippen LogP contribution in [0.5, 0.6) is 11.5 Å². The number of amides is 1. The maximum Gasteiger partial charge on any atom is 0.258 e. The number of carbonyl (C=O) groups excluding carboxylic acids is 1. The first-order valence-electron chi connectivity index (χ1n) is 10.1. The van der Waals surface area contributed by atoms with E-state index in [1.807, 2.05) is 25.1 Å². The van der Waals surface area contributed by atoms with Crippen LogP contribution in [0.2, 0.25) is 5.02 Å². The van der Waals surface area contributed by atoms with Gasteiger partial charge in [0.1, 0.15) is 11.5 Å². The first-order chi connectivity index (χ1) is 14.1. The SMILES string of the molecule is COc1ccc([C@@H](CNC(=O)COc2ccc(Cl)c(C)c2)N2CCCCC2)cc1. The molecule has 2 aromatic carbocycles. The number of likely N-dealkylation sites (tertiary alicyclic amines) is 1. The fourth-order valence-corrected chi connectivity index (χ4v) is 3.75. The molecule has 29 heavy (non-hydrogen) atoms. The van der Waals surface area contributed by atoms with E-state index in [-0.39, 0.29) is 18.6 Å². The number of nitrogens with zero attached hydrogens (tertiary/aromatic N) is 1. The van der Waals surface area contributed by atoms with Crippen molar-refractivity contribution in [2.24, 2.45) is 0 Å². The third-order valence-corrected chi connectivity index (χ3v) is 5.75. The van der Waals surface area contributed by atoms with Gasteiger partial charge in [-0.2, -0.15) is 0 Å². The Balaban J connectivity index is 1.59. The van der Waals surface area contributed by atoms with Crippen molar-refractivity contribution in [3.05, 3.63) is 58.6 Å². The summed E-state index contributed by atoms with van der Waals surface area (Å²) < 4.78 is 10.9. The highest BCUT2D eigenvalue weighted by Crippen LogP contribution is 2.26. The molecule has 0 bridgehead atoms. The number of halogens is 1. The van der Waals surface area contributed by atoms with Crippen molar-refractivity contribution < 1.29 is 14.3 Å². The minimum absolute atomic E-state index is 0.0175. The Kier molecular flexibility index (Phi) is 7.78. The first-order valence-corrected chi connectivity index (χ1v) is 10.5. The first kappa shape index (κ1) is 21.5. The fraction of sp³-hybridized carbons (Fsp3) is 0.435. The summed E-state index contributed by atoms with van der Waals surface area (Å²) in [5.74, 6) is 1.35. The number of hydrogen-bond acceptors (Lipinski definition) is 4. The van der Waals surface area contributed by atoms with Gasteiger partial charge in [0.05, 0.1) is 13.2 Å². The van der Waals surface area contributed by atoms with Crippen LogP contribution in [0.1, 0.15) is 36.4 Å². The molecule has 1 aliphatic heterocycles. The van der Waals surface area contributed by atoms with Crippen LogP contribution in [0.3, 0.4) is 0 Å². The minimum Gasteiger partial charge on any atom is -0.497 e. The van der Waals surface area contributed by atoms with Gasteiger partial charge in [-0.05, 0) is 74.3 Å². The Hall–Kier alpha value is -2.24. The van der Waals surface area contributed by atoms with Gasteiger partial charge in [0.2, 0.25) is 0 Å². The van der Waals surface area contributed by atoms with Gasteiger partial charge >= 0.3 is 0 Å². The van der Waals surface area contributed by atoms with Crippen LogP contribution in [0.15, 0.2) is 42.5 Å².